The third-order valence-corrected chi connectivity index (χ3v) is 3.52. The van der Waals surface area contributed by atoms with Gasteiger partial charge in [-0.15, -0.1) is 0 Å². The van der Waals surface area contributed by atoms with Gasteiger partial charge in [-0.1, -0.05) is 0 Å². The van der Waals surface area contributed by atoms with Crippen LogP contribution >= 0.6 is 0 Å². The maximum absolute atomic E-state index is 9.33. The SMILES string of the molecule is Cc1cc(CNC2CC2)cnc1N(C)CCC(C)O. The minimum absolute atomic E-state index is 0.259. The van der Waals surface area contributed by atoms with E-state index in [0.29, 0.717) is 0 Å². The summed E-state index contributed by atoms with van der Waals surface area (Å²) < 4.78 is 0. The maximum Gasteiger partial charge on any atom is 0.131 e. The Bertz CT molecular complexity index is 416. The van der Waals surface area contributed by atoms with Gasteiger partial charge in [0.2, 0.25) is 0 Å². The van der Waals surface area contributed by atoms with Crippen molar-refractivity contribution in [2.24, 2.45) is 0 Å². The quantitative estimate of drug-likeness (QED) is 0.788. The molecule has 0 amide bonds. The molecule has 1 saturated carbocycles. The second-order valence-corrected chi connectivity index (χ2v) is 5.70. The topological polar surface area (TPSA) is 48.4 Å². The Kier molecular flexibility index (Phi) is 4.77. The van der Waals surface area contributed by atoms with Crippen molar-refractivity contribution in [3.8, 4) is 0 Å². The zero-order valence-corrected chi connectivity index (χ0v) is 12.2. The number of pyridine rings is 1. The van der Waals surface area contributed by atoms with Crippen LogP contribution in [0.3, 0.4) is 0 Å². The van der Waals surface area contributed by atoms with Crippen LogP contribution in [0.5, 0.6) is 0 Å². The monoisotopic (exact) mass is 263 g/mol. The van der Waals surface area contributed by atoms with Gasteiger partial charge in [-0.2, -0.15) is 0 Å². The zero-order chi connectivity index (χ0) is 13.8. The van der Waals surface area contributed by atoms with Crippen LogP contribution in [0.4, 0.5) is 5.82 Å². The standard InChI is InChI=1S/C15H25N3O/c1-11-8-13(9-16-14-4-5-14)10-17-15(11)18(3)7-6-12(2)19/h8,10,12,14,16,19H,4-7,9H2,1-3H3. The van der Waals surface area contributed by atoms with Crippen molar-refractivity contribution in [1.82, 2.24) is 10.3 Å². The zero-order valence-electron chi connectivity index (χ0n) is 12.2. The van der Waals surface area contributed by atoms with E-state index in [1.54, 1.807) is 0 Å². The van der Waals surface area contributed by atoms with Gasteiger partial charge in [0.05, 0.1) is 6.10 Å². The minimum Gasteiger partial charge on any atom is -0.393 e. The molecule has 4 heteroatoms. The van der Waals surface area contributed by atoms with Gasteiger partial charge < -0.3 is 15.3 Å². The minimum atomic E-state index is -0.259. The number of aromatic nitrogens is 1. The molecule has 0 radical (unpaired) electrons. The lowest BCUT2D eigenvalue weighted by Gasteiger charge is -2.21. The van der Waals surface area contributed by atoms with E-state index in [2.05, 4.69) is 28.2 Å². The third-order valence-electron chi connectivity index (χ3n) is 3.52. The highest BCUT2D eigenvalue weighted by Gasteiger charge is 2.20. The summed E-state index contributed by atoms with van der Waals surface area (Å²) in [6.07, 6.45) is 5.09. The molecule has 1 atom stereocenters. The number of aryl methyl sites for hydroxylation is 1. The third kappa shape index (κ3) is 4.48. The van der Waals surface area contributed by atoms with Crippen LogP contribution in [0.1, 0.15) is 37.3 Å². The Morgan fingerprint density at radius 1 is 1.53 bits per heavy atom. The predicted molar refractivity (Wildman–Crippen MR) is 78.4 cm³/mol. The van der Waals surface area contributed by atoms with Gasteiger partial charge in [0.15, 0.2) is 0 Å². The molecule has 0 saturated heterocycles. The second-order valence-electron chi connectivity index (χ2n) is 5.70. The van der Waals surface area contributed by atoms with E-state index in [0.717, 1.165) is 31.4 Å². The van der Waals surface area contributed by atoms with Crippen molar-refractivity contribution in [1.29, 1.82) is 0 Å². The maximum atomic E-state index is 9.33. The molecule has 1 unspecified atom stereocenters. The first-order chi connectivity index (χ1) is 9.06. The van der Waals surface area contributed by atoms with Crippen LogP contribution < -0.4 is 10.2 Å². The van der Waals surface area contributed by atoms with Crippen molar-refractivity contribution in [3.63, 3.8) is 0 Å². The molecule has 0 aromatic carbocycles. The fraction of sp³-hybridized carbons (Fsp3) is 0.667. The summed E-state index contributed by atoms with van der Waals surface area (Å²) in [7, 11) is 2.03. The molecule has 0 aliphatic heterocycles. The number of aliphatic hydroxyl groups is 1. The van der Waals surface area contributed by atoms with Crippen molar-refractivity contribution in [3.05, 3.63) is 23.4 Å². The predicted octanol–water partition coefficient (Wildman–Crippen LogP) is 1.85. The number of nitrogens with zero attached hydrogens (tertiary/aromatic N) is 2. The lowest BCUT2D eigenvalue weighted by Crippen LogP contribution is -2.24. The molecule has 1 aromatic rings. The summed E-state index contributed by atoms with van der Waals surface area (Å²) in [6.45, 7) is 5.66. The van der Waals surface area contributed by atoms with Crippen LogP contribution in [-0.4, -0.2) is 35.8 Å². The Labute approximate surface area is 115 Å². The Morgan fingerprint density at radius 3 is 2.84 bits per heavy atom. The van der Waals surface area contributed by atoms with Crippen molar-refractivity contribution < 1.29 is 5.11 Å². The molecule has 1 aliphatic carbocycles. The molecule has 2 rings (SSSR count). The Hall–Kier alpha value is -1.13. The van der Waals surface area contributed by atoms with E-state index in [-0.39, 0.29) is 6.10 Å². The largest absolute Gasteiger partial charge is 0.393 e. The number of aliphatic hydroxyl groups excluding tert-OH is 1. The average Bonchev–Trinajstić information content (AvgIpc) is 3.17. The molecular formula is C15H25N3O. The van der Waals surface area contributed by atoms with E-state index in [4.69, 9.17) is 0 Å². The highest BCUT2D eigenvalue weighted by atomic mass is 16.3. The van der Waals surface area contributed by atoms with Gasteiger partial charge in [-0.05, 0) is 50.3 Å². The van der Waals surface area contributed by atoms with Crippen molar-refractivity contribution in [2.75, 3.05) is 18.5 Å². The Morgan fingerprint density at radius 2 is 2.26 bits per heavy atom. The number of nitrogens with one attached hydrogen (secondary N) is 1. The molecule has 0 bridgehead atoms. The molecular weight excluding hydrogens is 238 g/mol. The molecule has 2 N–H and O–H groups in total. The lowest BCUT2D eigenvalue weighted by atomic mass is 10.2. The van der Waals surface area contributed by atoms with Crippen molar-refractivity contribution >= 4 is 5.82 Å². The fourth-order valence-electron chi connectivity index (χ4n) is 2.16. The van der Waals surface area contributed by atoms with Crippen LogP contribution in [0.2, 0.25) is 0 Å². The summed E-state index contributed by atoms with van der Waals surface area (Å²) in [5.74, 6) is 1.01. The number of anilines is 1. The van der Waals surface area contributed by atoms with Crippen LogP contribution in [-0.2, 0) is 6.54 Å². The van der Waals surface area contributed by atoms with Crippen LogP contribution in [0.25, 0.3) is 0 Å². The molecule has 1 fully saturated rings. The summed E-state index contributed by atoms with van der Waals surface area (Å²) >= 11 is 0. The summed E-state index contributed by atoms with van der Waals surface area (Å²) in [5.41, 5.74) is 2.44. The van der Waals surface area contributed by atoms with E-state index >= 15 is 0 Å². The van der Waals surface area contributed by atoms with Crippen LogP contribution in [0, 0.1) is 6.92 Å². The molecule has 0 spiro atoms. The van der Waals surface area contributed by atoms with Gasteiger partial charge in [0, 0.05) is 32.4 Å². The van der Waals surface area contributed by atoms with Gasteiger partial charge in [0.1, 0.15) is 5.82 Å². The van der Waals surface area contributed by atoms with Gasteiger partial charge in [-0.3, -0.25) is 0 Å². The normalized spacial score (nSPS) is 16.4. The van der Waals surface area contributed by atoms with E-state index in [1.807, 2.05) is 20.2 Å². The lowest BCUT2D eigenvalue weighted by molar-refractivity contribution is 0.187. The number of hydrogen-bond donors (Lipinski definition) is 2. The fourth-order valence-corrected chi connectivity index (χ4v) is 2.16. The first kappa shape index (κ1) is 14.3. The molecule has 106 valence electrons. The van der Waals surface area contributed by atoms with E-state index in [1.165, 1.54) is 24.0 Å². The second kappa shape index (κ2) is 6.35. The van der Waals surface area contributed by atoms with Gasteiger partial charge >= 0.3 is 0 Å². The first-order valence-electron chi connectivity index (χ1n) is 7.14. The Balaban J connectivity index is 1.92. The summed E-state index contributed by atoms with van der Waals surface area (Å²) in [4.78, 5) is 6.67. The highest BCUT2D eigenvalue weighted by Crippen LogP contribution is 2.21. The molecule has 4 nitrogen and oxygen atoms in total. The van der Waals surface area contributed by atoms with Gasteiger partial charge in [0.25, 0.3) is 0 Å². The molecule has 1 heterocycles. The van der Waals surface area contributed by atoms with Crippen LogP contribution in [0.15, 0.2) is 12.3 Å². The number of hydrogen-bond acceptors (Lipinski definition) is 4. The summed E-state index contributed by atoms with van der Waals surface area (Å²) in [6, 6.07) is 2.94. The number of rotatable bonds is 7. The molecule has 1 aliphatic rings. The smallest absolute Gasteiger partial charge is 0.131 e. The van der Waals surface area contributed by atoms with E-state index < -0.39 is 0 Å². The molecule has 19 heavy (non-hydrogen) atoms. The first-order valence-corrected chi connectivity index (χ1v) is 7.14. The van der Waals surface area contributed by atoms with Crippen molar-refractivity contribution in [2.45, 2.75) is 51.8 Å². The highest BCUT2D eigenvalue weighted by molar-refractivity contribution is 5.46. The average molecular weight is 263 g/mol. The van der Waals surface area contributed by atoms with Gasteiger partial charge in [-0.25, -0.2) is 4.98 Å². The summed E-state index contributed by atoms with van der Waals surface area (Å²) in [5, 5.41) is 12.8. The molecule has 1 aromatic heterocycles. The van der Waals surface area contributed by atoms with E-state index in [9.17, 15) is 5.11 Å².